The van der Waals surface area contributed by atoms with Gasteiger partial charge in [-0.15, -0.1) is 0 Å². The third-order valence-corrected chi connectivity index (χ3v) is 0.642. The van der Waals surface area contributed by atoms with Crippen molar-refractivity contribution < 1.29 is 9.90 Å². The monoisotopic (exact) mass is 232 g/mol. The van der Waals surface area contributed by atoms with E-state index in [4.69, 9.17) is 5.11 Å². The Hall–Kier alpha value is -0.790. The number of hydrogen-bond acceptors (Lipinski definition) is 1. The molecule has 0 aliphatic rings. The molecule has 98 valence electrons. The van der Waals surface area contributed by atoms with Crippen LogP contribution in [0, 0.1) is 24.7 Å². The molecule has 0 atom stereocenters. The molecule has 1 N–H and O–H groups in total. The molecular formula is C14H32O2+2. The Balaban J connectivity index is -0.0000000704. The molecule has 0 saturated heterocycles. The minimum atomic E-state index is -0.757. The van der Waals surface area contributed by atoms with Gasteiger partial charge in [-0.25, -0.2) is 0 Å². The lowest BCUT2D eigenvalue weighted by Gasteiger charge is -2.08. The fraction of sp³-hybridized carbons (Fsp3) is 0.786. The van der Waals surface area contributed by atoms with Crippen molar-refractivity contribution in [1.82, 2.24) is 0 Å². The predicted molar refractivity (Wildman–Crippen MR) is 74.3 cm³/mol. The van der Waals surface area contributed by atoms with Gasteiger partial charge >= 0.3 is 5.97 Å². The van der Waals surface area contributed by atoms with Gasteiger partial charge in [-0.3, -0.25) is 4.79 Å². The zero-order valence-electron chi connectivity index (χ0n) is 12.8. The van der Waals surface area contributed by atoms with Crippen LogP contribution in [-0.2, 0) is 4.79 Å². The minimum Gasteiger partial charge on any atom is -0.481 e. The largest absolute Gasteiger partial charge is 0.481 e. The Morgan fingerprint density at radius 2 is 0.875 bits per heavy atom. The van der Waals surface area contributed by atoms with Gasteiger partial charge in [0.15, 0.2) is 0 Å². The Morgan fingerprint density at radius 1 is 0.812 bits per heavy atom. The molecule has 0 rings (SSSR count). The van der Waals surface area contributed by atoms with Gasteiger partial charge in [0.05, 0.1) is 33.1 Å². The maximum Gasteiger partial charge on any atom is 0.308 e. The molecule has 0 aliphatic heterocycles. The summed E-state index contributed by atoms with van der Waals surface area (Å²) < 4.78 is 0. The van der Waals surface area contributed by atoms with Crippen molar-refractivity contribution in [2.24, 2.45) is 10.8 Å². The summed E-state index contributed by atoms with van der Waals surface area (Å²) >= 11 is 0. The molecule has 0 aromatic rings. The summed E-state index contributed by atoms with van der Waals surface area (Å²) in [4.78, 5) is 10.0. The number of hydrogen-bond donors (Lipinski definition) is 1. The van der Waals surface area contributed by atoms with Crippen molar-refractivity contribution in [2.45, 2.75) is 62.3 Å². The van der Waals surface area contributed by atoms with Crippen molar-refractivity contribution in [1.29, 1.82) is 0 Å². The number of aliphatic carboxylic acids is 1. The first kappa shape index (κ1) is 24.4. The van der Waals surface area contributed by atoms with Gasteiger partial charge in [-0.1, -0.05) is 27.7 Å². The van der Waals surface area contributed by atoms with Crippen molar-refractivity contribution in [3.05, 3.63) is 13.8 Å². The van der Waals surface area contributed by atoms with Gasteiger partial charge in [-0.2, -0.15) is 0 Å². The van der Waals surface area contributed by atoms with Crippen molar-refractivity contribution >= 4 is 5.97 Å². The van der Waals surface area contributed by atoms with Crippen LogP contribution < -0.4 is 0 Å². The Kier molecular flexibility index (Phi) is 18.8. The molecule has 0 aliphatic carbocycles. The van der Waals surface area contributed by atoms with Crippen molar-refractivity contribution in [3.63, 3.8) is 0 Å². The summed E-state index contributed by atoms with van der Waals surface area (Å²) in [6.07, 6.45) is 0. The number of carboxylic acid groups (broad SMARTS) is 1. The fourth-order valence-electron chi connectivity index (χ4n) is 0. The molecule has 0 aromatic carbocycles. The van der Waals surface area contributed by atoms with Gasteiger partial charge in [0, 0.05) is 0 Å². The first-order valence-electron chi connectivity index (χ1n) is 5.59. The van der Waals surface area contributed by atoms with Gasteiger partial charge in [0.25, 0.3) is 0 Å². The second kappa shape index (κ2) is 12.3. The summed E-state index contributed by atoms with van der Waals surface area (Å²) in [7, 11) is 0. The van der Waals surface area contributed by atoms with E-state index < -0.39 is 11.4 Å². The first-order chi connectivity index (χ1) is 6.94. The maximum absolute atomic E-state index is 10.0. The highest BCUT2D eigenvalue weighted by atomic mass is 16.4. The van der Waals surface area contributed by atoms with Crippen LogP contribution in [0.2, 0.25) is 0 Å². The van der Waals surface area contributed by atoms with E-state index in [1.54, 1.807) is 34.6 Å². The molecule has 0 fully saturated rings. The summed E-state index contributed by atoms with van der Waals surface area (Å²) in [5.41, 5.74) is -0.0833. The summed E-state index contributed by atoms with van der Waals surface area (Å²) in [6, 6.07) is 0. The summed E-state index contributed by atoms with van der Waals surface area (Å²) in [5, 5.41) is 8.25. The predicted octanol–water partition coefficient (Wildman–Crippen LogP) is 4.85. The fourth-order valence-corrected chi connectivity index (χ4v) is 0. The van der Waals surface area contributed by atoms with Gasteiger partial charge in [0.1, 0.15) is 0 Å². The van der Waals surface area contributed by atoms with E-state index in [0.29, 0.717) is 5.41 Å². The molecule has 0 bridgehead atoms. The van der Waals surface area contributed by atoms with E-state index in [2.05, 4.69) is 41.5 Å². The lowest BCUT2D eigenvalue weighted by atomic mass is 9.98. The molecule has 16 heavy (non-hydrogen) atoms. The van der Waals surface area contributed by atoms with Crippen LogP contribution in [-0.4, -0.2) is 11.1 Å². The van der Waals surface area contributed by atoms with E-state index in [1.165, 1.54) is 0 Å². The highest BCUT2D eigenvalue weighted by Gasteiger charge is 2.18. The van der Waals surface area contributed by atoms with E-state index in [1.807, 2.05) is 0 Å². The molecule has 0 saturated carbocycles. The third-order valence-electron chi connectivity index (χ3n) is 0.642. The van der Waals surface area contributed by atoms with Crippen molar-refractivity contribution in [3.8, 4) is 0 Å². The average Bonchev–Trinajstić information content (AvgIpc) is 2.07. The third kappa shape index (κ3) is 72.6. The van der Waals surface area contributed by atoms with Crippen LogP contribution in [0.5, 0.6) is 0 Å². The van der Waals surface area contributed by atoms with Crippen LogP contribution >= 0.6 is 0 Å². The number of rotatable bonds is 0. The zero-order chi connectivity index (χ0) is 14.6. The van der Waals surface area contributed by atoms with E-state index in [0.717, 1.165) is 0 Å². The number of carbonyl (C=O) groups is 1. The van der Waals surface area contributed by atoms with E-state index in [9.17, 15) is 4.79 Å². The van der Waals surface area contributed by atoms with Crippen LogP contribution in [0.15, 0.2) is 0 Å². The van der Waals surface area contributed by atoms with E-state index >= 15 is 0 Å². The molecule has 2 heteroatoms. The lowest BCUT2D eigenvalue weighted by molar-refractivity contribution is -0.145. The molecule has 0 radical (unpaired) electrons. The van der Waals surface area contributed by atoms with Gasteiger partial charge in [-0.05, 0) is 26.2 Å². The quantitative estimate of drug-likeness (QED) is 0.606. The topological polar surface area (TPSA) is 37.3 Å². The summed E-state index contributed by atoms with van der Waals surface area (Å²) in [5.74, 6) is -0.757. The standard InChI is InChI=1S/C5H10O2.C5H12.2C2H5/c1-5(2,3)4(6)7;1-5(2,3)4;2*1-2/h1-3H3,(H,6,7);1-4H3;2*1H2,2H3/q;;2*+1. The van der Waals surface area contributed by atoms with Crippen LogP contribution in [0.4, 0.5) is 0 Å². The SMILES string of the molecule is CC(C)(C)C.CC(C)(C)C(=O)O.[CH2+]C.[CH2+]C. The van der Waals surface area contributed by atoms with Crippen LogP contribution in [0.1, 0.15) is 62.3 Å². The molecule has 0 aromatic heterocycles. The zero-order valence-corrected chi connectivity index (χ0v) is 12.8. The first-order valence-corrected chi connectivity index (χ1v) is 5.59. The average molecular weight is 232 g/mol. The maximum atomic E-state index is 10.0. The summed E-state index contributed by atoms with van der Waals surface area (Å²) in [6.45, 7) is 23.7. The molecule has 2 nitrogen and oxygen atoms in total. The second-order valence-corrected chi connectivity index (χ2v) is 5.56. The van der Waals surface area contributed by atoms with Crippen LogP contribution in [0.3, 0.4) is 0 Å². The molecule has 0 heterocycles. The normalized spacial score (nSPS) is 9.31. The Bertz CT molecular complexity index is 130. The number of carboxylic acids is 1. The highest BCUT2D eigenvalue weighted by molar-refractivity contribution is 5.72. The van der Waals surface area contributed by atoms with E-state index in [-0.39, 0.29) is 0 Å². The minimum absolute atomic E-state index is 0.500. The molecule has 0 unspecified atom stereocenters. The highest BCUT2D eigenvalue weighted by Crippen LogP contribution is 2.11. The Labute approximate surface area is 103 Å². The second-order valence-electron chi connectivity index (χ2n) is 5.56. The molecular weight excluding hydrogens is 200 g/mol. The van der Waals surface area contributed by atoms with Gasteiger partial charge < -0.3 is 5.11 Å². The van der Waals surface area contributed by atoms with Crippen LogP contribution in [0.25, 0.3) is 0 Å². The molecule has 0 spiro atoms. The smallest absolute Gasteiger partial charge is 0.308 e. The lowest BCUT2D eigenvalue weighted by Crippen LogP contribution is -2.18. The van der Waals surface area contributed by atoms with Gasteiger partial charge in [0.2, 0.25) is 0 Å². The molecule has 0 amide bonds. The Morgan fingerprint density at radius 3 is 0.875 bits per heavy atom. The van der Waals surface area contributed by atoms with Crippen molar-refractivity contribution in [2.75, 3.05) is 0 Å².